The van der Waals surface area contributed by atoms with Gasteiger partial charge in [0.1, 0.15) is 5.69 Å². The smallest absolute Gasteiger partial charge is 0.357 e. The summed E-state index contributed by atoms with van der Waals surface area (Å²) in [6, 6.07) is 15.1. The van der Waals surface area contributed by atoms with Gasteiger partial charge in [0.2, 0.25) is 12.1 Å². The molecule has 0 radical (unpaired) electrons. The number of anilines is 2. The predicted molar refractivity (Wildman–Crippen MR) is 95.4 cm³/mol. The Bertz CT molecular complexity index is 989. The van der Waals surface area contributed by atoms with Crippen molar-refractivity contribution in [2.24, 2.45) is 7.05 Å². The van der Waals surface area contributed by atoms with Crippen LogP contribution in [0.4, 0.5) is 11.4 Å². The first-order valence-electron chi connectivity index (χ1n) is 7.97. The zero-order valence-electron chi connectivity index (χ0n) is 13.9. The van der Waals surface area contributed by atoms with E-state index in [0.717, 1.165) is 22.2 Å². The second kappa shape index (κ2) is 5.66. The van der Waals surface area contributed by atoms with Crippen LogP contribution in [0.3, 0.4) is 0 Å². The fourth-order valence-corrected chi connectivity index (χ4v) is 3.26. The first-order valence-corrected chi connectivity index (χ1v) is 7.97. The Hall–Kier alpha value is -3.28. The fourth-order valence-electron chi connectivity index (χ4n) is 3.26. The van der Waals surface area contributed by atoms with Crippen LogP contribution in [0.2, 0.25) is 0 Å². The SMILES string of the molecule is CC(=O)Nc1ccc(N[C@@H]2OC(=O)c3c2c2ccccc2n3C)cc1. The van der Waals surface area contributed by atoms with Crippen LogP contribution in [-0.4, -0.2) is 16.4 Å². The normalized spacial score (nSPS) is 15.8. The number of rotatable bonds is 3. The Morgan fingerprint density at radius 2 is 1.76 bits per heavy atom. The van der Waals surface area contributed by atoms with E-state index in [1.54, 1.807) is 12.1 Å². The number of ether oxygens (including phenoxy) is 1. The van der Waals surface area contributed by atoms with E-state index in [-0.39, 0.29) is 11.9 Å². The minimum absolute atomic E-state index is 0.120. The van der Waals surface area contributed by atoms with Crippen molar-refractivity contribution in [3.05, 3.63) is 59.8 Å². The third-order valence-electron chi connectivity index (χ3n) is 4.33. The lowest BCUT2D eigenvalue weighted by Gasteiger charge is -2.15. The monoisotopic (exact) mass is 335 g/mol. The second-order valence-corrected chi connectivity index (χ2v) is 6.03. The molecule has 25 heavy (non-hydrogen) atoms. The highest BCUT2D eigenvalue weighted by Gasteiger charge is 2.36. The number of hydrogen-bond donors (Lipinski definition) is 2. The molecule has 4 rings (SSSR count). The first-order chi connectivity index (χ1) is 12.0. The summed E-state index contributed by atoms with van der Waals surface area (Å²) in [5, 5.41) is 6.96. The van der Waals surface area contributed by atoms with Gasteiger partial charge in [-0.3, -0.25) is 4.79 Å². The van der Waals surface area contributed by atoms with Crippen molar-refractivity contribution >= 4 is 34.2 Å². The molecule has 1 atom stereocenters. The lowest BCUT2D eigenvalue weighted by molar-refractivity contribution is -0.114. The molecule has 0 aliphatic carbocycles. The Morgan fingerprint density at radius 3 is 2.48 bits per heavy atom. The van der Waals surface area contributed by atoms with E-state index in [4.69, 9.17) is 4.74 Å². The van der Waals surface area contributed by atoms with Crippen molar-refractivity contribution in [3.8, 4) is 0 Å². The zero-order valence-corrected chi connectivity index (χ0v) is 13.9. The number of carbonyl (C=O) groups is 2. The van der Waals surface area contributed by atoms with E-state index in [1.807, 2.05) is 48.0 Å². The number of nitrogens with one attached hydrogen (secondary N) is 2. The number of carbonyl (C=O) groups excluding carboxylic acids is 2. The number of fused-ring (bicyclic) bond motifs is 3. The molecule has 0 unspecified atom stereocenters. The summed E-state index contributed by atoms with van der Waals surface area (Å²) in [6.45, 7) is 1.46. The molecular weight excluding hydrogens is 318 g/mol. The largest absolute Gasteiger partial charge is 0.433 e. The van der Waals surface area contributed by atoms with Crippen LogP contribution in [0.15, 0.2) is 48.5 Å². The first kappa shape index (κ1) is 15.3. The van der Waals surface area contributed by atoms with Gasteiger partial charge in [-0.2, -0.15) is 0 Å². The summed E-state index contributed by atoms with van der Waals surface area (Å²) < 4.78 is 7.39. The molecule has 1 amide bonds. The van der Waals surface area contributed by atoms with E-state index in [2.05, 4.69) is 10.6 Å². The second-order valence-electron chi connectivity index (χ2n) is 6.03. The maximum atomic E-state index is 12.3. The molecule has 1 aromatic heterocycles. The van der Waals surface area contributed by atoms with Gasteiger partial charge in [0.15, 0.2) is 0 Å². The quantitative estimate of drug-likeness (QED) is 0.720. The molecule has 6 nitrogen and oxygen atoms in total. The topological polar surface area (TPSA) is 72.4 Å². The molecular formula is C19H17N3O3. The van der Waals surface area contributed by atoms with Crippen LogP contribution in [0.25, 0.3) is 10.9 Å². The van der Waals surface area contributed by atoms with Crippen molar-refractivity contribution in [2.75, 3.05) is 10.6 Å². The molecule has 6 heteroatoms. The maximum Gasteiger partial charge on any atom is 0.357 e. The van der Waals surface area contributed by atoms with Crippen LogP contribution in [-0.2, 0) is 16.6 Å². The highest BCUT2D eigenvalue weighted by atomic mass is 16.6. The van der Waals surface area contributed by atoms with Gasteiger partial charge in [-0.15, -0.1) is 0 Å². The van der Waals surface area contributed by atoms with Crippen molar-refractivity contribution in [3.63, 3.8) is 0 Å². The van der Waals surface area contributed by atoms with Crippen molar-refractivity contribution in [1.82, 2.24) is 4.57 Å². The van der Waals surface area contributed by atoms with Crippen LogP contribution < -0.4 is 10.6 Å². The van der Waals surface area contributed by atoms with Gasteiger partial charge in [0.05, 0.1) is 5.56 Å². The number of benzene rings is 2. The van der Waals surface area contributed by atoms with Gasteiger partial charge in [-0.25, -0.2) is 4.79 Å². The molecule has 126 valence electrons. The summed E-state index contributed by atoms with van der Waals surface area (Å²) >= 11 is 0. The number of nitrogens with zero attached hydrogens (tertiary/aromatic N) is 1. The molecule has 2 aromatic carbocycles. The number of cyclic esters (lactones) is 1. The summed E-state index contributed by atoms with van der Waals surface area (Å²) in [7, 11) is 1.87. The van der Waals surface area contributed by atoms with Gasteiger partial charge in [-0.05, 0) is 30.3 Å². The molecule has 0 fully saturated rings. The number of aryl methyl sites for hydroxylation is 1. The zero-order chi connectivity index (χ0) is 17.6. The maximum absolute atomic E-state index is 12.3. The van der Waals surface area contributed by atoms with Crippen molar-refractivity contribution in [2.45, 2.75) is 13.2 Å². The Kier molecular flexibility index (Phi) is 3.46. The van der Waals surface area contributed by atoms with Crippen molar-refractivity contribution < 1.29 is 14.3 Å². The number of hydrogen-bond acceptors (Lipinski definition) is 4. The number of para-hydroxylation sites is 1. The van der Waals surface area contributed by atoms with E-state index >= 15 is 0 Å². The van der Waals surface area contributed by atoms with Crippen LogP contribution >= 0.6 is 0 Å². The summed E-state index contributed by atoms with van der Waals surface area (Å²) in [6.07, 6.45) is -0.541. The summed E-state index contributed by atoms with van der Waals surface area (Å²) in [5.74, 6) is -0.452. The average molecular weight is 335 g/mol. The van der Waals surface area contributed by atoms with Gasteiger partial charge in [0.25, 0.3) is 0 Å². The molecule has 1 aliphatic heterocycles. The van der Waals surface area contributed by atoms with Crippen LogP contribution in [0.1, 0.15) is 29.2 Å². The third kappa shape index (κ3) is 2.52. The molecule has 0 saturated heterocycles. The van der Waals surface area contributed by atoms with Gasteiger partial charge < -0.3 is 19.9 Å². The van der Waals surface area contributed by atoms with Gasteiger partial charge in [0, 0.05) is 36.2 Å². The molecule has 0 spiro atoms. The number of amides is 1. The minimum atomic E-state index is -0.541. The number of aromatic nitrogens is 1. The lowest BCUT2D eigenvalue weighted by Crippen LogP contribution is -2.11. The molecule has 0 saturated carbocycles. The third-order valence-corrected chi connectivity index (χ3v) is 4.33. The van der Waals surface area contributed by atoms with Crippen molar-refractivity contribution in [1.29, 1.82) is 0 Å². The summed E-state index contributed by atoms with van der Waals surface area (Å²) in [4.78, 5) is 23.4. The Morgan fingerprint density at radius 1 is 1.08 bits per heavy atom. The van der Waals surface area contributed by atoms with E-state index in [1.165, 1.54) is 6.92 Å². The fraction of sp³-hybridized carbons (Fsp3) is 0.158. The lowest BCUT2D eigenvalue weighted by atomic mass is 10.1. The number of esters is 1. The Labute approximate surface area is 144 Å². The van der Waals surface area contributed by atoms with Crippen LogP contribution in [0, 0.1) is 0 Å². The minimum Gasteiger partial charge on any atom is -0.433 e. The van der Waals surface area contributed by atoms with E-state index in [9.17, 15) is 9.59 Å². The molecule has 3 aromatic rings. The van der Waals surface area contributed by atoms with Gasteiger partial charge in [-0.1, -0.05) is 18.2 Å². The molecule has 0 bridgehead atoms. The highest BCUT2D eigenvalue weighted by molar-refractivity contribution is 6.02. The summed E-state index contributed by atoms with van der Waals surface area (Å²) in [5.41, 5.74) is 3.94. The molecule has 2 heterocycles. The standard InChI is InChI=1S/C19H17N3O3/c1-11(23)20-12-7-9-13(10-8-12)21-18-16-14-5-3-4-6-15(14)22(2)17(16)19(24)25-18/h3-10,18,21H,1-2H3,(H,20,23)/t18-/m1/s1. The Balaban J connectivity index is 1.67. The van der Waals surface area contributed by atoms with Crippen LogP contribution in [0.5, 0.6) is 0 Å². The predicted octanol–water partition coefficient (Wildman–Crippen LogP) is 3.42. The highest BCUT2D eigenvalue weighted by Crippen LogP contribution is 2.38. The average Bonchev–Trinajstić information content (AvgIpc) is 3.06. The van der Waals surface area contributed by atoms with Gasteiger partial charge >= 0.3 is 5.97 Å². The molecule has 2 N–H and O–H groups in total. The van der Waals surface area contributed by atoms with E-state index in [0.29, 0.717) is 11.4 Å². The molecule has 1 aliphatic rings. The van der Waals surface area contributed by atoms with E-state index < -0.39 is 6.23 Å².